The number of hydrogen-bond acceptors (Lipinski definition) is 5. The van der Waals surface area contributed by atoms with Gasteiger partial charge in [0.25, 0.3) is 0 Å². The lowest BCUT2D eigenvalue weighted by molar-refractivity contribution is 0.491. The van der Waals surface area contributed by atoms with E-state index < -0.39 is 0 Å². The maximum absolute atomic E-state index is 5.42. The summed E-state index contributed by atoms with van der Waals surface area (Å²) >= 11 is 4.89. The minimum atomic E-state index is 0.0590. The molecule has 0 atom stereocenters. The van der Waals surface area contributed by atoms with Crippen molar-refractivity contribution in [3.63, 3.8) is 0 Å². The summed E-state index contributed by atoms with van der Waals surface area (Å²) in [6, 6.07) is 3.87. The summed E-state index contributed by atoms with van der Waals surface area (Å²) < 4.78 is 6.19. The number of halogens is 1. The van der Waals surface area contributed by atoms with Gasteiger partial charge < -0.3 is 9.73 Å². The summed E-state index contributed by atoms with van der Waals surface area (Å²) in [4.78, 5) is 0. The van der Waals surface area contributed by atoms with Crippen LogP contribution in [0.4, 0.5) is 5.13 Å². The molecule has 2 rings (SSSR count). The molecule has 1 N–H and O–H groups in total. The van der Waals surface area contributed by atoms with Gasteiger partial charge in [-0.2, -0.15) is 0 Å². The van der Waals surface area contributed by atoms with E-state index >= 15 is 0 Å². The normalized spacial score (nSPS) is 11.8. The maximum Gasteiger partial charge on any atom is 0.205 e. The molecule has 0 saturated carbocycles. The number of anilines is 1. The lowest BCUT2D eigenvalue weighted by atomic mass is 9.98. The highest BCUT2D eigenvalue weighted by Gasteiger charge is 2.19. The summed E-state index contributed by atoms with van der Waals surface area (Å²) in [5.41, 5.74) is 0.0590. The summed E-state index contributed by atoms with van der Waals surface area (Å²) in [7, 11) is 0. The van der Waals surface area contributed by atoms with Crippen LogP contribution in [0.15, 0.2) is 21.2 Å². The second-order valence-electron chi connectivity index (χ2n) is 5.04. The van der Waals surface area contributed by atoms with E-state index in [9.17, 15) is 0 Å². The molecule has 0 aliphatic carbocycles. The zero-order chi connectivity index (χ0) is 13.2. The lowest BCUT2D eigenvalue weighted by Gasteiger charge is -2.12. The van der Waals surface area contributed by atoms with Crippen LogP contribution in [0, 0.1) is 0 Å². The van der Waals surface area contributed by atoms with Crippen LogP contribution in [0.25, 0.3) is 0 Å². The average Bonchev–Trinajstić information content (AvgIpc) is 2.87. The Balaban J connectivity index is 1.85. The van der Waals surface area contributed by atoms with Gasteiger partial charge >= 0.3 is 0 Å². The van der Waals surface area contributed by atoms with Crippen molar-refractivity contribution in [1.29, 1.82) is 0 Å². The van der Waals surface area contributed by atoms with Gasteiger partial charge in [0, 0.05) is 18.4 Å². The maximum atomic E-state index is 5.42. The van der Waals surface area contributed by atoms with E-state index in [4.69, 9.17) is 4.42 Å². The monoisotopic (exact) mass is 329 g/mol. The topological polar surface area (TPSA) is 51.0 Å². The van der Waals surface area contributed by atoms with Gasteiger partial charge in [0.2, 0.25) is 5.13 Å². The Morgan fingerprint density at radius 3 is 2.67 bits per heavy atom. The molecule has 2 aromatic rings. The van der Waals surface area contributed by atoms with Crippen molar-refractivity contribution in [2.24, 2.45) is 0 Å². The molecule has 18 heavy (non-hydrogen) atoms. The molecule has 98 valence electrons. The van der Waals surface area contributed by atoms with Crippen LogP contribution in [0.1, 0.15) is 31.5 Å². The van der Waals surface area contributed by atoms with Gasteiger partial charge in [-0.1, -0.05) is 32.1 Å². The third-order valence-corrected chi connectivity index (χ3v) is 4.08. The molecular weight excluding hydrogens is 314 g/mol. The molecular formula is C12H16BrN3OS. The fourth-order valence-corrected chi connectivity index (χ4v) is 2.54. The van der Waals surface area contributed by atoms with Crippen molar-refractivity contribution in [2.45, 2.75) is 32.6 Å². The van der Waals surface area contributed by atoms with Crippen molar-refractivity contribution < 1.29 is 4.42 Å². The molecule has 2 heterocycles. The standard InChI is InChI=1S/C12H16BrN3OS/c1-12(2,3)10-15-16-11(18-10)14-7-6-8-4-5-9(13)17-8/h4-5H,6-7H2,1-3H3,(H,14,16). The van der Waals surface area contributed by atoms with Crippen LogP contribution in [0.3, 0.4) is 0 Å². The van der Waals surface area contributed by atoms with Gasteiger partial charge in [-0.05, 0) is 28.1 Å². The molecule has 0 fully saturated rings. The van der Waals surface area contributed by atoms with Crippen molar-refractivity contribution in [3.8, 4) is 0 Å². The quantitative estimate of drug-likeness (QED) is 0.925. The van der Waals surface area contributed by atoms with Crippen LogP contribution in [0.2, 0.25) is 0 Å². The Bertz CT molecular complexity index is 515. The summed E-state index contributed by atoms with van der Waals surface area (Å²) in [5.74, 6) is 0.954. The summed E-state index contributed by atoms with van der Waals surface area (Å²) in [6.07, 6.45) is 0.829. The molecule has 6 heteroatoms. The number of nitrogens with one attached hydrogen (secondary N) is 1. The Labute approximate surface area is 119 Å². The first kappa shape index (κ1) is 13.5. The molecule has 2 aromatic heterocycles. The lowest BCUT2D eigenvalue weighted by Crippen LogP contribution is -2.10. The van der Waals surface area contributed by atoms with E-state index in [1.807, 2.05) is 12.1 Å². The van der Waals surface area contributed by atoms with Crippen LogP contribution in [-0.4, -0.2) is 16.7 Å². The third kappa shape index (κ3) is 3.55. The van der Waals surface area contributed by atoms with Gasteiger partial charge in [-0.3, -0.25) is 0 Å². The fraction of sp³-hybridized carbons (Fsp3) is 0.500. The van der Waals surface area contributed by atoms with Crippen molar-refractivity contribution >= 4 is 32.4 Å². The first-order valence-electron chi connectivity index (χ1n) is 5.77. The van der Waals surface area contributed by atoms with Crippen LogP contribution < -0.4 is 5.32 Å². The first-order valence-corrected chi connectivity index (χ1v) is 7.38. The number of furan rings is 1. The van der Waals surface area contributed by atoms with E-state index in [1.54, 1.807) is 11.3 Å². The zero-order valence-corrected chi connectivity index (χ0v) is 13.1. The highest BCUT2D eigenvalue weighted by Crippen LogP contribution is 2.27. The summed E-state index contributed by atoms with van der Waals surface area (Å²) in [6.45, 7) is 7.20. The number of rotatable bonds is 4. The number of hydrogen-bond donors (Lipinski definition) is 1. The summed E-state index contributed by atoms with van der Waals surface area (Å²) in [5, 5.41) is 13.5. The molecule has 4 nitrogen and oxygen atoms in total. The molecule has 0 saturated heterocycles. The number of nitrogens with zero attached hydrogens (tertiary/aromatic N) is 2. The van der Waals surface area contributed by atoms with Gasteiger partial charge in [-0.25, -0.2) is 0 Å². The predicted octanol–water partition coefficient (Wildman–Crippen LogP) is 3.85. The second kappa shape index (κ2) is 5.40. The highest BCUT2D eigenvalue weighted by atomic mass is 79.9. The minimum Gasteiger partial charge on any atom is -0.454 e. The Kier molecular flexibility index (Phi) is 4.07. The first-order chi connectivity index (χ1) is 8.45. The smallest absolute Gasteiger partial charge is 0.205 e. The molecule has 0 aliphatic heterocycles. The third-order valence-electron chi connectivity index (χ3n) is 2.34. The second-order valence-corrected chi connectivity index (χ2v) is 6.80. The van der Waals surface area contributed by atoms with E-state index in [0.29, 0.717) is 0 Å². The van der Waals surface area contributed by atoms with Gasteiger partial charge in [0.1, 0.15) is 10.8 Å². The Morgan fingerprint density at radius 2 is 2.11 bits per heavy atom. The van der Waals surface area contributed by atoms with Crippen LogP contribution in [0.5, 0.6) is 0 Å². The van der Waals surface area contributed by atoms with E-state index in [1.165, 1.54) is 0 Å². The highest BCUT2D eigenvalue weighted by molar-refractivity contribution is 9.10. The largest absolute Gasteiger partial charge is 0.454 e. The molecule has 0 unspecified atom stereocenters. The van der Waals surface area contributed by atoms with Gasteiger partial charge in [0.05, 0.1) is 0 Å². The van der Waals surface area contributed by atoms with Crippen molar-refractivity contribution in [2.75, 3.05) is 11.9 Å². The minimum absolute atomic E-state index is 0.0590. The average molecular weight is 330 g/mol. The number of aromatic nitrogens is 2. The molecule has 0 spiro atoms. The van der Waals surface area contributed by atoms with Crippen molar-refractivity contribution in [3.05, 3.63) is 27.6 Å². The van der Waals surface area contributed by atoms with Crippen LogP contribution >= 0.6 is 27.3 Å². The molecule has 0 bridgehead atoms. The molecule has 0 aromatic carbocycles. The van der Waals surface area contributed by atoms with Crippen molar-refractivity contribution in [1.82, 2.24) is 10.2 Å². The molecule has 0 radical (unpaired) electrons. The van der Waals surface area contributed by atoms with Gasteiger partial charge in [0.15, 0.2) is 4.67 Å². The Hall–Kier alpha value is -0.880. The molecule has 0 aliphatic rings. The SMILES string of the molecule is CC(C)(C)c1nnc(NCCc2ccc(Br)o2)s1. The van der Waals surface area contributed by atoms with E-state index in [0.717, 1.165) is 33.5 Å². The zero-order valence-electron chi connectivity index (χ0n) is 10.7. The fourth-order valence-electron chi connectivity index (χ4n) is 1.38. The van der Waals surface area contributed by atoms with Crippen LogP contribution in [-0.2, 0) is 11.8 Å². The Morgan fingerprint density at radius 1 is 1.33 bits per heavy atom. The van der Waals surface area contributed by atoms with E-state index in [2.05, 4.69) is 52.2 Å². The molecule has 0 amide bonds. The van der Waals surface area contributed by atoms with E-state index in [-0.39, 0.29) is 5.41 Å². The van der Waals surface area contributed by atoms with Gasteiger partial charge in [-0.15, -0.1) is 10.2 Å². The predicted molar refractivity (Wildman–Crippen MR) is 77.2 cm³/mol.